The van der Waals surface area contributed by atoms with Gasteiger partial charge in [-0.05, 0) is 43.7 Å². The molecule has 6 rings (SSSR count). The van der Waals surface area contributed by atoms with Crippen LogP contribution in [0.2, 0.25) is 0 Å². The Balaban J connectivity index is 0.00000384. The number of halogens is 4. The molecule has 0 radical (unpaired) electrons. The van der Waals surface area contributed by atoms with Gasteiger partial charge in [-0.15, -0.1) is 12.4 Å². The average Bonchev–Trinajstić information content (AvgIpc) is 3.65. The van der Waals surface area contributed by atoms with E-state index in [1.807, 2.05) is 6.92 Å². The lowest BCUT2D eigenvalue weighted by Crippen LogP contribution is -2.55. The summed E-state index contributed by atoms with van der Waals surface area (Å²) in [6.45, 7) is 4.54. The van der Waals surface area contributed by atoms with Crippen molar-refractivity contribution in [3.63, 3.8) is 0 Å². The monoisotopic (exact) mass is 633 g/mol. The maximum absolute atomic E-state index is 13.4. The maximum atomic E-state index is 13.4. The zero-order chi connectivity index (χ0) is 30.3. The third-order valence-corrected chi connectivity index (χ3v) is 7.97. The first-order chi connectivity index (χ1) is 20.6. The normalized spacial score (nSPS) is 19.1. The number of aliphatic hydroxyl groups excluding tert-OH is 1. The first-order valence-electron chi connectivity index (χ1n) is 13.9. The Labute approximate surface area is 256 Å². The van der Waals surface area contributed by atoms with Crippen LogP contribution in [-0.2, 0) is 11.0 Å². The molecule has 2 atom stereocenters. The highest BCUT2D eigenvalue weighted by molar-refractivity contribution is 5.96. The lowest BCUT2D eigenvalue weighted by molar-refractivity contribution is -0.142. The molecule has 234 valence electrons. The largest absolute Gasteiger partial charge is 0.435 e. The number of piperidine rings is 1. The summed E-state index contributed by atoms with van der Waals surface area (Å²) < 4.78 is 41.8. The number of carbonyl (C=O) groups is 2. The third kappa shape index (κ3) is 5.94. The van der Waals surface area contributed by atoms with Gasteiger partial charge in [0, 0.05) is 62.6 Å². The van der Waals surface area contributed by atoms with Gasteiger partial charge in [0.05, 0.1) is 29.5 Å². The van der Waals surface area contributed by atoms with E-state index in [9.17, 15) is 27.9 Å². The molecule has 0 spiro atoms. The molecule has 5 heterocycles. The van der Waals surface area contributed by atoms with E-state index >= 15 is 0 Å². The molecular formula is C28H31ClF3N9O3. The summed E-state index contributed by atoms with van der Waals surface area (Å²) in [6, 6.07) is 5.22. The van der Waals surface area contributed by atoms with Crippen LogP contribution in [0.5, 0.6) is 0 Å². The first kappa shape index (κ1) is 31.2. The molecule has 1 aromatic carbocycles. The second kappa shape index (κ2) is 12.4. The molecular weight excluding hydrogens is 603 g/mol. The molecule has 16 heteroatoms. The Morgan fingerprint density at radius 2 is 1.86 bits per heavy atom. The van der Waals surface area contributed by atoms with Gasteiger partial charge in [0.2, 0.25) is 5.91 Å². The fourth-order valence-corrected chi connectivity index (χ4v) is 5.66. The second-order valence-electron chi connectivity index (χ2n) is 10.7. The van der Waals surface area contributed by atoms with Crippen molar-refractivity contribution in [2.24, 2.45) is 5.92 Å². The van der Waals surface area contributed by atoms with Gasteiger partial charge in [0.25, 0.3) is 5.91 Å². The molecule has 2 saturated heterocycles. The zero-order valence-corrected chi connectivity index (χ0v) is 24.5. The summed E-state index contributed by atoms with van der Waals surface area (Å²) >= 11 is 0. The van der Waals surface area contributed by atoms with Crippen LogP contribution in [0.1, 0.15) is 28.0 Å². The highest BCUT2D eigenvalue weighted by atomic mass is 35.5. The van der Waals surface area contributed by atoms with Crippen molar-refractivity contribution in [3.05, 3.63) is 59.8 Å². The van der Waals surface area contributed by atoms with E-state index in [1.165, 1.54) is 29.2 Å². The molecule has 2 amide bonds. The molecule has 4 aromatic rings. The number of nitrogens with zero attached hydrogens (tertiary/aromatic N) is 6. The minimum absolute atomic E-state index is 0. The van der Waals surface area contributed by atoms with E-state index in [2.05, 4.69) is 30.8 Å². The van der Waals surface area contributed by atoms with Gasteiger partial charge < -0.3 is 25.5 Å². The number of carbonyl (C=O) groups excluding carboxylic acids is 2. The second-order valence-corrected chi connectivity index (χ2v) is 10.7. The summed E-state index contributed by atoms with van der Waals surface area (Å²) in [5.41, 5.74) is 1.20. The fourth-order valence-electron chi connectivity index (χ4n) is 5.66. The number of imidazole rings is 1. The van der Waals surface area contributed by atoms with Gasteiger partial charge in [0.15, 0.2) is 17.2 Å². The number of hydrogen-bond donors (Lipinski definition) is 4. The number of hydrogen-bond acceptors (Lipinski definition) is 8. The van der Waals surface area contributed by atoms with Gasteiger partial charge in [-0.1, -0.05) is 0 Å². The highest BCUT2D eigenvalue weighted by Gasteiger charge is 2.38. The summed E-state index contributed by atoms with van der Waals surface area (Å²) in [5, 5.41) is 22.2. The van der Waals surface area contributed by atoms with Crippen LogP contribution in [0.4, 0.5) is 24.7 Å². The molecule has 3 aromatic heterocycles. The Kier molecular flexibility index (Phi) is 8.81. The van der Waals surface area contributed by atoms with Gasteiger partial charge in [-0.3, -0.25) is 19.1 Å². The predicted octanol–water partition coefficient (Wildman–Crippen LogP) is 2.87. The quantitative estimate of drug-likeness (QED) is 0.263. The molecule has 12 nitrogen and oxygen atoms in total. The molecule has 2 aliphatic rings. The number of benzene rings is 1. The number of aryl methyl sites for hydroxylation is 1. The van der Waals surface area contributed by atoms with Crippen molar-refractivity contribution in [2.45, 2.75) is 25.6 Å². The van der Waals surface area contributed by atoms with Gasteiger partial charge in [-0.25, -0.2) is 9.97 Å². The number of amides is 2. The fraction of sp³-hybridized carbons (Fsp3) is 0.393. The highest BCUT2D eigenvalue weighted by Crippen LogP contribution is 2.36. The summed E-state index contributed by atoms with van der Waals surface area (Å²) in [6.07, 6.45) is 0.734. The Bertz CT molecular complexity index is 1670. The van der Waals surface area contributed by atoms with Crippen LogP contribution in [0.3, 0.4) is 0 Å². The van der Waals surface area contributed by atoms with E-state index in [0.717, 1.165) is 0 Å². The standard InChI is InChI=1S/C28H30F3N9O3.ClH/c1-16-12-17(36-24-25-34-15-21(40(25)7-6-33-24)19-14-35-37-23(19)28(29,30)31)2-3-18(16)26(42)38-8-10-39(11-9-38)27(43)20-13-32-5-4-22(20)41;/h2-3,6-7,12,14-15,20,22,32,41H,4-5,8-11,13H2,1H3,(H,33,36)(H,35,37);1H/t20-,22-;/m1./s1. The number of aromatic amines is 1. The molecule has 0 aliphatic carbocycles. The zero-order valence-electron chi connectivity index (χ0n) is 23.6. The Hall–Kier alpha value is -4.21. The summed E-state index contributed by atoms with van der Waals surface area (Å²) in [5.74, 6) is -0.370. The number of aliphatic hydroxyl groups is 1. The van der Waals surface area contributed by atoms with Crippen molar-refractivity contribution in [1.29, 1.82) is 0 Å². The van der Waals surface area contributed by atoms with Crippen molar-refractivity contribution >= 4 is 41.4 Å². The smallest absolute Gasteiger partial charge is 0.392 e. The molecule has 0 saturated carbocycles. The number of fused-ring (bicyclic) bond motifs is 1. The number of alkyl halides is 3. The molecule has 2 aliphatic heterocycles. The molecule has 2 fully saturated rings. The van der Waals surface area contributed by atoms with Crippen LogP contribution in [0.15, 0.2) is 43.0 Å². The minimum atomic E-state index is -4.63. The molecule has 4 N–H and O–H groups in total. The van der Waals surface area contributed by atoms with Crippen LogP contribution in [0, 0.1) is 12.8 Å². The van der Waals surface area contributed by atoms with E-state index in [4.69, 9.17) is 0 Å². The van der Waals surface area contributed by atoms with Gasteiger partial charge >= 0.3 is 6.18 Å². The number of anilines is 2. The molecule has 0 unspecified atom stereocenters. The first-order valence-corrected chi connectivity index (χ1v) is 13.9. The lowest BCUT2D eigenvalue weighted by Gasteiger charge is -2.38. The average molecular weight is 634 g/mol. The van der Waals surface area contributed by atoms with Crippen LogP contribution >= 0.6 is 12.4 Å². The van der Waals surface area contributed by atoms with Crippen molar-refractivity contribution < 1.29 is 27.9 Å². The lowest BCUT2D eigenvalue weighted by atomic mass is 9.94. The SMILES string of the molecule is Cc1cc(Nc2nccn3c(-c4c[nH]nc4C(F)(F)F)cnc23)ccc1C(=O)N1CCN(C(=O)[C@@H]2CNCC[C@H]2O)CC1.Cl. The van der Waals surface area contributed by atoms with Crippen LogP contribution < -0.4 is 10.6 Å². The number of nitrogens with one attached hydrogen (secondary N) is 3. The van der Waals surface area contributed by atoms with E-state index in [-0.39, 0.29) is 35.5 Å². The van der Waals surface area contributed by atoms with E-state index in [0.29, 0.717) is 74.0 Å². The van der Waals surface area contributed by atoms with Gasteiger partial charge in [0.1, 0.15) is 0 Å². The Morgan fingerprint density at radius 1 is 1.11 bits per heavy atom. The third-order valence-electron chi connectivity index (χ3n) is 7.97. The van der Waals surface area contributed by atoms with Crippen molar-refractivity contribution in [1.82, 2.24) is 39.7 Å². The van der Waals surface area contributed by atoms with Crippen LogP contribution in [-0.4, -0.2) is 96.7 Å². The van der Waals surface area contributed by atoms with E-state index in [1.54, 1.807) is 28.0 Å². The summed E-state index contributed by atoms with van der Waals surface area (Å²) in [4.78, 5) is 38.3. The number of piperazine rings is 1. The predicted molar refractivity (Wildman–Crippen MR) is 157 cm³/mol. The Morgan fingerprint density at radius 3 is 2.57 bits per heavy atom. The minimum Gasteiger partial charge on any atom is -0.392 e. The van der Waals surface area contributed by atoms with Crippen molar-refractivity contribution in [2.75, 3.05) is 44.6 Å². The van der Waals surface area contributed by atoms with Crippen LogP contribution in [0.25, 0.3) is 16.9 Å². The topological polar surface area (TPSA) is 144 Å². The van der Waals surface area contributed by atoms with E-state index < -0.39 is 23.9 Å². The molecule has 0 bridgehead atoms. The molecule has 44 heavy (non-hydrogen) atoms. The maximum Gasteiger partial charge on any atom is 0.435 e. The van der Waals surface area contributed by atoms with Gasteiger partial charge in [-0.2, -0.15) is 18.3 Å². The summed E-state index contributed by atoms with van der Waals surface area (Å²) in [7, 11) is 0. The number of aromatic nitrogens is 5. The number of rotatable bonds is 5. The number of H-pyrrole nitrogens is 1. The van der Waals surface area contributed by atoms with Crippen molar-refractivity contribution in [3.8, 4) is 11.3 Å².